The van der Waals surface area contributed by atoms with Crippen LogP contribution in [0.15, 0.2) is 66.9 Å². The van der Waals surface area contributed by atoms with E-state index in [1.165, 1.54) is 12.1 Å². The Morgan fingerprint density at radius 1 is 1.18 bits per heavy atom. The number of pyridine rings is 1. The Morgan fingerprint density at radius 2 is 1.97 bits per heavy atom. The molecule has 0 bridgehead atoms. The average molecular weight is 489 g/mol. The molecule has 34 heavy (non-hydrogen) atoms. The zero-order valence-corrected chi connectivity index (χ0v) is 18.6. The minimum absolute atomic E-state index is 0.125. The smallest absolute Gasteiger partial charge is 0.417 e. The molecule has 1 aliphatic heterocycles. The molecule has 1 unspecified atom stereocenters. The summed E-state index contributed by atoms with van der Waals surface area (Å²) in [5, 5.41) is 9.70. The van der Waals surface area contributed by atoms with Gasteiger partial charge in [0.25, 0.3) is 0 Å². The number of carboxylic acids is 1. The van der Waals surface area contributed by atoms with E-state index < -0.39 is 17.7 Å². The largest absolute Gasteiger partial charge is 0.478 e. The third-order valence-corrected chi connectivity index (χ3v) is 5.78. The van der Waals surface area contributed by atoms with Crippen molar-refractivity contribution >= 4 is 29.3 Å². The predicted octanol–water partition coefficient (Wildman–Crippen LogP) is 6.18. The van der Waals surface area contributed by atoms with Gasteiger partial charge in [0.15, 0.2) is 0 Å². The number of ether oxygens (including phenoxy) is 1. The van der Waals surface area contributed by atoms with E-state index in [4.69, 9.17) is 21.4 Å². The minimum Gasteiger partial charge on any atom is -0.478 e. The van der Waals surface area contributed by atoms with Gasteiger partial charge in [0, 0.05) is 47.6 Å². The van der Waals surface area contributed by atoms with Crippen molar-refractivity contribution in [1.29, 1.82) is 0 Å². The molecular formula is C25H20ClF3N2O3. The molecular weight excluding hydrogens is 469 g/mol. The number of anilines is 1. The van der Waals surface area contributed by atoms with Crippen molar-refractivity contribution in [2.75, 3.05) is 18.0 Å². The number of carbonyl (C=O) groups is 1. The van der Waals surface area contributed by atoms with E-state index in [0.29, 0.717) is 30.1 Å². The second-order valence-corrected chi connectivity index (χ2v) is 8.19. The quantitative estimate of drug-likeness (QED) is 0.420. The summed E-state index contributed by atoms with van der Waals surface area (Å²) < 4.78 is 44.0. The monoisotopic (exact) mass is 488 g/mol. The van der Waals surface area contributed by atoms with Gasteiger partial charge >= 0.3 is 12.1 Å². The Morgan fingerprint density at radius 3 is 2.65 bits per heavy atom. The highest BCUT2D eigenvalue weighted by Gasteiger charge is 2.31. The van der Waals surface area contributed by atoms with E-state index in [1.807, 2.05) is 41.3 Å². The number of nitrogens with zero attached hydrogens (tertiary/aromatic N) is 2. The van der Waals surface area contributed by atoms with Crippen molar-refractivity contribution < 1.29 is 27.8 Å². The molecule has 1 saturated heterocycles. The molecule has 1 fully saturated rings. The van der Waals surface area contributed by atoms with Gasteiger partial charge in [0.1, 0.15) is 6.10 Å². The lowest BCUT2D eigenvalue weighted by atomic mass is 10.0. The van der Waals surface area contributed by atoms with Gasteiger partial charge in [-0.05, 0) is 41.5 Å². The summed E-state index contributed by atoms with van der Waals surface area (Å²) in [7, 11) is 0. The minimum atomic E-state index is -4.45. The normalized spacial score (nSPS) is 16.2. The molecule has 0 saturated carbocycles. The second kappa shape index (κ2) is 9.77. The summed E-state index contributed by atoms with van der Waals surface area (Å²) in [6.45, 7) is 1.10. The van der Waals surface area contributed by atoms with Crippen LogP contribution < -0.4 is 9.64 Å². The first-order chi connectivity index (χ1) is 16.2. The van der Waals surface area contributed by atoms with Gasteiger partial charge in [-0.15, -0.1) is 0 Å². The van der Waals surface area contributed by atoms with Crippen LogP contribution in [0.5, 0.6) is 5.88 Å². The Bertz CT molecular complexity index is 1210. The second-order valence-electron chi connectivity index (χ2n) is 7.78. The molecule has 3 aromatic rings. The lowest BCUT2D eigenvalue weighted by Crippen LogP contribution is -2.25. The van der Waals surface area contributed by atoms with Crippen molar-refractivity contribution in [1.82, 2.24) is 4.98 Å². The maximum absolute atomic E-state index is 12.7. The molecule has 1 atom stereocenters. The van der Waals surface area contributed by atoms with E-state index in [1.54, 1.807) is 6.07 Å². The predicted molar refractivity (Wildman–Crippen MR) is 124 cm³/mol. The number of hydrogen-bond donors (Lipinski definition) is 1. The molecule has 5 nitrogen and oxygen atoms in total. The topological polar surface area (TPSA) is 62.7 Å². The highest BCUT2D eigenvalue weighted by atomic mass is 35.5. The van der Waals surface area contributed by atoms with Crippen LogP contribution in [-0.4, -0.2) is 35.3 Å². The first-order valence-corrected chi connectivity index (χ1v) is 10.8. The molecule has 4 rings (SSSR count). The summed E-state index contributed by atoms with van der Waals surface area (Å²) in [4.78, 5) is 17.0. The van der Waals surface area contributed by atoms with Crippen LogP contribution in [0.25, 0.3) is 17.2 Å². The fourth-order valence-corrected chi connectivity index (χ4v) is 4.08. The van der Waals surface area contributed by atoms with Crippen LogP contribution in [-0.2, 0) is 11.0 Å². The highest BCUT2D eigenvalue weighted by molar-refractivity contribution is 6.33. The van der Waals surface area contributed by atoms with Gasteiger partial charge in [0.05, 0.1) is 12.1 Å². The Hall–Kier alpha value is -3.52. The zero-order valence-electron chi connectivity index (χ0n) is 17.8. The first-order valence-electron chi connectivity index (χ1n) is 10.5. The fraction of sp³-hybridized carbons (Fsp3) is 0.200. The van der Waals surface area contributed by atoms with E-state index >= 15 is 0 Å². The van der Waals surface area contributed by atoms with Crippen molar-refractivity contribution in [2.24, 2.45) is 0 Å². The van der Waals surface area contributed by atoms with Gasteiger partial charge in [-0.2, -0.15) is 13.2 Å². The molecule has 2 aromatic carbocycles. The highest BCUT2D eigenvalue weighted by Crippen LogP contribution is 2.34. The summed E-state index contributed by atoms with van der Waals surface area (Å²) in [6.07, 6.45) is -0.731. The number of aliphatic carboxylic acids is 1. The van der Waals surface area contributed by atoms with Crippen molar-refractivity contribution in [3.05, 3.63) is 83.0 Å². The number of aromatic nitrogens is 1. The molecule has 1 aromatic heterocycles. The number of rotatable bonds is 6. The third-order valence-electron chi connectivity index (χ3n) is 5.45. The van der Waals surface area contributed by atoms with Crippen LogP contribution in [0.2, 0.25) is 5.02 Å². The maximum atomic E-state index is 12.7. The number of benzene rings is 2. The first kappa shape index (κ1) is 23.6. The van der Waals surface area contributed by atoms with E-state index in [2.05, 4.69) is 4.98 Å². The van der Waals surface area contributed by atoms with Crippen molar-refractivity contribution in [2.45, 2.75) is 18.7 Å². The van der Waals surface area contributed by atoms with Crippen LogP contribution >= 0.6 is 11.6 Å². The number of hydrogen-bond acceptors (Lipinski definition) is 4. The number of alkyl halides is 3. The molecule has 9 heteroatoms. The number of halogens is 4. The summed E-state index contributed by atoms with van der Waals surface area (Å²) in [6, 6.07) is 15.2. The average Bonchev–Trinajstić information content (AvgIpc) is 3.26. The standard InChI is InChI=1S/C25H20ClF3N2O3/c26-21-4-2-1-3-20(21)16-5-8-22(17(13-16)6-10-24(32)33)31-12-11-19(15-31)34-23-9-7-18(14-30-23)25(27,28)29/h1-10,13-14,19H,11-12,15H2,(H,32,33). The molecule has 0 radical (unpaired) electrons. The van der Waals surface area contributed by atoms with Gasteiger partial charge < -0.3 is 14.7 Å². The van der Waals surface area contributed by atoms with Crippen molar-refractivity contribution in [3.63, 3.8) is 0 Å². The summed E-state index contributed by atoms with van der Waals surface area (Å²) in [5.74, 6) is -0.940. The van der Waals surface area contributed by atoms with Gasteiger partial charge in [-0.3, -0.25) is 0 Å². The Balaban J connectivity index is 1.54. The SMILES string of the molecule is O=C(O)C=Cc1cc(-c2ccccc2Cl)ccc1N1CCC(Oc2ccc(C(F)(F)F)cn2)C1. The van der Waals surface area contributed by atoms with Crippen molar-refractivity contribution in [3.8, 4) is 17.0 Å². The Labute approximate surface area is 199 Å². The number of carboxylic acid groups (broad SMARTS) is 1. The summed E-state index contributed by atoms with van der Waals surface area (Å²) >= 11 is 6.33. The van der Waals surface area contributed by atoms with Crippen LogP contribution in [0.3, 0.4) is 0 Å². The molecule has 0 aliphatic carbocycles. The molecule has 176 valence electrons. The lowest BCUT2D eigenvalue weighted by molar-refractivity contribution is -0.138. The molecule has 1 N–H and O–H groups in total. The molecule has 0 amide bonds. The van der Waals surface area contributed by atoms with Gasteiger partial charge in [0.2, 0.25) is 5.88 Å². The van der Waals surface area contributed by atoms with Gasteiger partial charge in [-0.1, -0.05) is 35.9 Å². The van der Waals surface area contributed by atoms with E-state index in [-0.39, 0.29) is 12.0 Å². The Kier molecular flexibility index (Phi) is 6.79. The molecule has 1 aliphatic rings. The maximum Gasteiger partial charge on any atom is 0.417 e. The summed E-state index contributed by atoms with van der Waals surface area (Å²) in [5.41, 5.74) is 2.37. The van der Waals surface area contributed by atoms with E-state index in [9.17, 15) is 18.0 Å². The van der Waals surface area contributed by atoms with Crippen LogP contribution in [0, 0.1) is 0 Å². The zero-order chi connectivity index (χ0) is 24.3. The third kappa shape index (κ3) is 5.51. The van der Waals surface area contributed by atoms with E-state index in [0.717, 1.165) is 35.2 Å². The van der Waals surface area contributed by atoms with Crippen LogP contribution in [0.4, 0.5) is 18.9 Å². The molecule has 2 heterocycles. The fourth-order valence-electron chi connectivity index (χ4n) is 3.83. The molecule has 0 spiro atoms. The van der Waals surface area contributed by atoms with Gasteiger partial charge in [-0.25, -0.2) is 9.78 Å². The lowest BCUT2D eigenvalue weighted by Gasteiger charge is -2.22. The van der Waals surface area contributed by atoms with Crippen LogP contribution in [0.1, 0.15) is 17.5 Å².